The molecular formula is C9H19ClN2O. The van der Waals surface area contributed by atoms with Crippen LogP contribution < -0.4 is 11.1 Å². The highest BCUT2D eigenvalue weighted by Crippen LogP contribution is 2.01. The molecule has 0 bridgehead atoms. The monoisotopic (exact) mass is 206 g/mol. The highest BCUT2D eigenvalue weighted by Gasteiger charge is 2.13. The largest absolute Gasteiger partial charge is 0.351 e. The van der Waals surface area contributed by atoms with Crippen molar-refractivity contribution in [3.8, 4) is 0 Å². The van der Waals surface area contributed by atoms with Crippen LogP contribution >= 0.6 is 12.4 Å². The van der Waals surface area contributed by atoms with Crippen LogP contribution in [0.3, 0.4) is 0 Å². The third-order valence-corrected chi connectivity index (χ3v) is 1.48. The van der Waals surface area contributed by atoms with Crippen molar-refractivity contribution in [1.29, 1.82) is 0 Å². The summed E-state index contributed by atoms with van der Waals surface area (Å²) < 4.78 is 0. The van der Waals surface area contributed by atoms with Gasteiger partial charge < -0.3 is 11.1 Å². The Morgan fingerprint density at radius 2 is 2.15 bits per heavy atom. The summed E-state index contributed by atoms with van der Waals surface area (Å²) in [5.41, 5.74) is 5.61. The van der Waals surface area contributed by atoms with E-state index in [2.05, 4.69) is 11.9 Å². The van der Waals surface area contributed by atoms with Gasteiger partial charge in [0, 0.05) is 6.54 Å². The second-order valence-electron chi connectivity index (χ2n) is 3.27. The lowest BCUT2D eigenvalue weighted by atomic mass is 10.0. The third-order valence-electron chi connectivity index (χ3n) is 1.48. The molecule has 13 heavy (non-hydrogen) atoms. The first-order valence-corrected chi connectivity index (χ1v) is 4.22. The predicted octanol–water partition coefficient (Wildman–Crippen LogP) is 1.08. The Hall–Kier alpha value is -0.540. The normalized spacial score (nSPS) is 11.7. The molecule has 3 N–H and O–H groups in total. The van der Waals surface area contributed by atoms with Crippen molar-refractivity contribution in [2.45, 2.75) is 26.3 Å². The molecule has 0 fully saturated rings. The number of amides is 1. The van der Waals surface area contributed by atoms with Crippen LogP contribution in [0, 0.1) is 5.92 Å². The van der Waals surface area contributed by atoms with Crippen LogP contribution in [0.5, 0.6) is 0 Å². The summed E-state index contributed by atoms with van der Waals surface area (Å²) in [5.74, 6) is 0.359. The van der Waals surface area contributed by atoms with E-state index in [1.807, 2.05) is 13.8 Å². The molecule has 0 saturated heterocycles. The zero-order valence-corrected chi connectivity index (χ0v) is 9.06. The first-order valence-electron chi connectivity index (χ1n) is 4.22. The average molecular weight is 207 g/mol. The van der Waals surface area contributed by atoms with Crippen LogP contribution in [0.15, 0.2) is 12.7 Å². The van der Waals surface area contributed by atoms with Crippen LogP contribution in [-0.4, -0.2) is 18.5 Å². The minimum Gasteiger partial charge on any atom is -0.351 e. The van der Waals surface area contributed by atoms with Crippen LogP contribution in [0.1, 0.15) is 20.3 Å². The minimum atomic E-state index is -0.384. The zero-order valence-electron chi connectivity index (χ0n) is 8.25. The number of halogens is 1. The molecule has 0 saturated carbocycles. The summed E-state index contributed by atoms with van der Waals surface area (Å²) in [4.78, 5) is 11.2. The van der Waals surface area contributed by atoms with Gasteiger partial charge in [0.05, 0.1) is 6.04 Å². The molecule has 0 radical (unpaired) electrons. The maximum atomic E-state index is 11.2. The summed E-state index contributed by atoms with van der Waals surface area (Å²) >= 11 is 0. The van der Waals surface area contributed by atoms with Crippen molar-refractivity contribution >= 4 is 18.3 Å². The molecule has 0 aliphatic carbocycles. The first kappa shape index (κ1) is 15.0. The van der Waals surface area contributed by atoms with Gasteiger partial charge in [0.25, 0.3) is 0 Å². The molecule has 3 nitrogen and oxygen atoms in total. The van der Waals surface area contributed by atoms with Gasteiger partial charge in [0.15, 0.2) is 0 Å². The fraction of sp³-hybridized carbons (Fsp3) is 0.667. The Bertz CT molecular complexity index is 160. The molecule has 4 heteroatoms. The SMILES string of the molecule is C=CCNC(=O)[C@@H](N)CC(C)C.Cl. The van der Waals surface area contributed by atoms with E-state index in [1.54, 1.807) is 6.08 Å². The minimum absolute atomic E-state index is 0. The Labute approximate surface area is 86.2 Å². The fourth-order valence-corrected chi connectivity index (χ4v) is 0.919. The Morgan fingerprint density at radius 3 is 2.54 bits per heavy atom. The van der Waals surface area contributed by atoms with Crippen LogP contribution in [0.2, 0.25) is 0 Å². The number of nitrogens with two attached hydrogens (primary N) is 1. The third kappa shape index (κ3) is 7.81. The van der Waals surface area contributed by atoms with E-state index < -0.39 is 0 Å². The van der Waals surface area contributed by atoms with Crippen molar-refractivity contribution in [2.24, 2.45) is 11.7 Å². The average Bonchev–Trinajstić information content (AvgIpc) is 1.98. The van der Waals surface area contributed by atoms with Crippen molar-refractivity contribution in [3.63, 3.8) is 0 Å². The molecule has 1 amide bonds. The molecule has 0 aliphatic heterocycles. The summed E-state index contributed by atoms with van der Waals surface area (Å²) in [6, 6.07) is -0.384. The van der Waals surface area contributed by atoms with E-state index in [4.69, 9.17) is 5.73 Å². The summed E-state index contributed by atoms with van der Waals surface area (Å²) in [6.07, 6.45) is 2.36. The van der Waals surface area contributed by atoms with Gasteiger partial charge in [-0.05, 0) is 12.3 Å². The van der Waals surface area contributed by atoms with Gasteiger partial charge in [-0.3, -0.25) is 4.79 Å². The number of carbonyl (C=O) groups excluding carboxylic acids is 1. The van der Waals surface area contributed by atoms with Crippen LogP contribution in [0.25, 0.3) is 0 Å². The molecule has 0 unspecified atom stereocenters. The first-order chi connectivity index (χ1) is 5.57. The van der Waals surface area contributed by atoms with E-state index in [0.717, 1.165) is 6.42 Å². The Morgan fingerprint density at radius 1 is 1.62 bits per heavy atom. The van der Waals surface area contributed by atoms with E-state index >= 15 is 0 Å². The summed E-state index contributed by atoms with van der Waals surface area (Å²) in [6.45, 7) is 8.07. The molecule has 0 aromatic heterocycles. The molecule has 0 spiro atoms. The maximum absolute atomic E-state index is 11.2. The Kier molecular flexibility index (Phi) is 9.29. The molecule has 0 aromatic rings. The quantitative estimate of drug-likeness (QED) is 0.662. The van der Waals surface area contributed by atoms with Crippen LogP contribution in [0.4, 0.5) is 0 Å². The van der Waals surface area contributed by atoms with Gasteiger partial charge in [-0.2, -0.15) is 0 Å². The fourth-order valence-electron chi connectivity index (χ4n) is 0.919. The second kappa shape index (κ2) is 8.08. The molecule has 1 atom stereocenters. The van der Waals surface area contributed by atoms with Crippen molar-refractivity contribution in [1.82, 2.24) is 5.32 Å². The topological polar surface area (TPSA) is 55.1 Å². The van der Waals surface area contributed by atoms with Crippen molar-refractivity contribution < 1.29 is 4.79 Å². The van der Waals surface area contributed by atoms with E-state index in [9.17, 15) is 4.79 Å². The van der Waals surface area contributed by atoms with Gasteiger partial charge in [-0.15, -0.1) is 19.0 Å². The van der Waals surface area contributed by atoms with Gasteiger partial charge >= 0.3 is 0 Å². The molecule has 0 aliphatic rings. The van der Waals surface area contributed by atoms with Crippen molar-refractivity contribution in [3.05, 3.63) is 12.7 Å². The molecule has 0 aromatic carbocycles. The van der Waals surface area contributed by atoms with E-state index in [-0.39, 0.29) is 24.4 Å². The molecular weight excluding hydrogens is 188 g/mol. The standard InChI is InChI=1S/C9H18N2O.ClH/c1-4-5-11-9(12)8(10)6-7(2)3;/h4,7-8H,1,5-6,10H2,2-3H3,(H,11,12);1H/t8-;/m0./s1. The van der Waals surface area contributed by atoms with Crippen molar-refractivity contribution in [2.75, 3.05) is 6.54 Å². The molecule has 0 rings (SSSR count). The molecule has 78 valence electrons. The number of nitrogens with one attached hydrogen (secondary N) is 1. The highest BCUT2D eigenvalue weighted by molar-refractivity contribution is 5.85. The summed E-state index contributed by atoms with van der Waals surface area (Å²) in [7, 11) is 0. The number of carbonyl (C=O) groups is 1. The van der Waals surface area contributed by atoms with E-state index in [1.165, 1.54) is 0 Å². The summed E-state index contributed by atoms with van der Waals surface area (Å²) in [5, 5.41) is 2.66. The lowest BCUT2D eigenvalue weighted by molar-refractivity contribution is -0.122. The lowest BCUT2D eigenvalue weighted by Crippen LogP contribution is -2.41. The number of hydrogen-bond acceptors (Lipinski definition) is 2. The van der Waals surface area contributed by atoms with Gasteiger partial charge in [0.1, 0.15) is 0 Å². The van der Waals surface area contributed by atoms with Gasteiger partial charge in [-0.1, -0.05) is 19.9 Å². The highest BCUT2D eigenvalue weighted by atomic mass is 35.5. The molecule has 0 heterocycles. The zero-order chi connectivity index (χ0) is 9.56. The van der Waals surface area contributed by atoms with E-state index in [0.29, 0.717) is 12.5 Å². The number of hydrogen-bond donors (Lipinski definition) is 2. The van der Waals surface area contributed by atoms with Crippen LogP contribution in [-0.2, 0) is 4.79 Å². The van der Waals surface area contributed by atoms with Gasteiger partial charge in [-0.25, -0.2) is 0 Å². The second-order valence-corrected chi connectivity index (χ2v) is 3.27. The smallest absolute Gasteiger partial charge is 0.237 e. The number of rotatable bonds is 5. The maximum Gasteiger partial charge on any atom is 0.237 e. The predicted molar refractivity (Wildman–Crippen MR) is 57.9 cm³/mol. The Balaban J connectivity index is 0. The van der Waals surface area contributed by atoms with Gasteiger partial charge in [0.2, 0.25) is 5.91 Å². The lowest BCUT2D eigenvalue weighted by Gasteiger charge is -2.12.